The molecule has 2 aromatic rings. The Hall–Kier alpha value is -2.65. The van der Waals surface area contributed by atoms with Gasteiger partial charge in [0.15, 0.2) is 5.11 Å². The van der Waals surface area contributed by atoms with E-state index in [1.165, 1.54) is 12.8 Å². The number of unbranched alkanes of at least 4 members (excludes halogenated alkanes) is 3. The molecule has 0 aliphatic carbocycles. The highest BCUT2D eigenvalue weighted by atomic mass is 79.9. The van der Waals surface area contributed by atoms with Gasteiger partial charge in [-0.1, -0.05) is 40.0 Å². The highest BCUT2D eigenvalue weighted by Gasteiger charge is 2.12. The summed E-state index contributed by atoms with van der Waals surface area (Å²) in [5.74, 6) is 0.988. The van der Waals surface area contributed by atoms with Gasteiger partial charge in [0.1, 0.15) is 11.5 Å². The lowest BCUT2D eigenvalue weighted by Crippen LogP contribution is -2.48. The Kier molecular flexibility index (Phi) is 11.8. The summed E-state index contributed by atoms with van der Waals surface area (Å²) in [7, 11) is 0. The second-order valence-electron chi connectivity index (χ2n) is 8.15. The summed E-state index contributed by atoms with van der Waals surface area (Å²) in [6, 6.07) is 11.8. The third kappa shape index (κ3) is 9.69. The lowest BCUT2D eigenvalue weighted by molar-refractivity contribution is 0.0934. The normalized spacial score (nSPS) is 10.5. The smallest absolute Gasteiger partial charge is 0.269 e. The molecule has 0 atom stereocenters. The lowest BCUT2D eigenvalue weighted by Gasteiger charge is -2.13. The number of ether oxygens (including phenoxy) is 2. The van der Waals surface area contributed by atoms with Crippen LogP contribution in [0, 0.1) is 5.92 Å². The van der Waals surface area contributed by atoms with Crippen LogP contribution in [0.5, 0.6) is 11.5 Å². The van der Waals surface area contributed by atoms with Crippen molar-refractivity contribution in [3.05, 3.63) is 58.1 Å². The average molecular weight is 551 g/mol. The molecule has 34 heavy (non-hydrogen) atoms. The molecule has 0 fully saturated rings. The molecule has 0 aliphatic heterocycles. The summed E-state index contributed by atoms with van der Waals surface area (Å²) < 4.78 is 12.1. The van der Waals surface area contributed by atoms with Crippen LogP contribution in [0.15, 0.2) is 46.9 Å². The van der Waals surface area contributed by atoms with Crippen LogP contribution in [0.4, 0.5) is 0 Å². The first-order valence-corrected chi connectivity index (χ1v) is 12.6. The standard InChI is InChI=1S/C25H32BrN3O4S/c1-4-5-6-7-14-32-22-13-10-19(15-21(22)26)23(30)27-25(34)29-28-24(31)18-8-11-20(12-9-18)33-16-17(2)3/h8-13,15,17H,4-7,14,16H2,1-3H3,(H,28,31)(H2,27,29,30,34). The zero-order valence-electron chi connectivity index (χ0n) is 19.8. The third-order valence-corrected chi connectivity index (χ3v) is 5.49. The van der Waals surface area contributed by atoms with E-state index in [4.69, 9.17) is 21.7 Å². The second-order valence-corrected chi connectivity index (χ2v) is 9.41. The Morgan fingerprint density at radius 3 is 2.29 bits per heavy atom. The average Bonchev–Trinajstić information content (AvgIpc) is 2.82. The summed E-state index contributed by atoms with van der Waals surface area (Å²) in [6.45, 7) is 7.53. The van der Waals surface area contributed by atoms with E-state index in [1.54, 1.807) is 42.5 Å². The van der Waals surface area contributed by atoms with E-state index in [-0.39, 0.29) is 5.11 Å². The number of nitrogens with one attached hydrogen (secondary N) is 3. The molecule has 2 aromatic carbocycles. The topological polar surface area (TPSA) is 88.7 Å². The summed E-state index contributed by atoms with van der Waals surface area (Å²) >= 11 is 8.56. The molecule has 0 heterocycles. The van der Waals surface area contributed by atoms with E-state index >= 15 is 0 Å². The Morgan fingerprint density at radius 2 is 1.65 bits per heavy atom. The number of halogens is 1. The summed E-state index contributed by atoms with van der Waals surface area (Å²) in [6.07, 6.45) is 4.49. The SMILES string of the molecule is CCCCCCOc1ccc(C(=O)NC(=S)NNC(=O)c2ccc(OCC(C)C)cc2)cc1Br. The minimum absolute atomic E-state index is 0.0254. The quantitative estimate of drug-likeness (QED) is 0.198. The van der Waals surface area contributed by atoms with E-state index in [2.05, 4.69) is 52.9 Å². The number of hydrogen-bond acceptors (Lipinski definition) is 5. The minimum atomic E-state index is -0.409. The molecular weight excluding hydrogens is 518 g/mol. The largest absolute Gasteiger partial charge is 0.493 e. The van der Waals surface area contributed by atoms with E-state index < -0.39 is 11.8 Å². The monoisotopic (exact) mass is 549 g/mol. The van der Waals surface area contributed by atoms with Crippen molar-refractivity contribution in [3.63, 3.8) is 0 Å². The van der Waals surface area contributed by atoms with Crippen molar-refractivity contribution in [3.8, 4) is 11.5 Å². The van der Waals surface area contributed by atoms with Crippen LogP contribution in [0.25, 0.3) is 0 Å². The van der Waals surface area contributed by atoms with Crippen LogP contribution < -0.4 is 25.6 Å². The van der Waals surface area contributed by atoms with Crippen LogP contribution in [-0.4, -0.2) is 30.1 Å². The van der Waals surface area contributed by atoms with Crippen molar-refractivity contribution in [2.75, 3.05) is 13.2 Å². The van der Waals surface area contributed by atoms with Crippen molar-refractivity contribution < 1.29 is 19.1 Å². The molecular formula is C25H32BrN3O4S. The van der Waals surface area contributed by atoms with Gasteiger partial charge in [-0.15, -0.1) is 0 Å². The third-order valence-electron chi connectivity index (χ3n) is 4.67. The molecule has 9 heteroatoms. The predicted molar refractivity (Wildman–Crippen MR) is 141 cm³/mol. The maximum absolute atomic E-state index is 12.5. The van der Waals surface area contributed by atoms with Gasteiger partial charge in [0.05, 0.1) is 17.7 Å². The Labute approximate surface area is 215 Å². The van der Waals surface area contributed by atoms with Gasteiger partial charge in [-0.3, -0.25) is 25.8 Å². The van der Waals surface area contributed by atoms with Crippen molar-refractivity contribution >= 4 is 45.1 Å². The number of amides is 2. The van der Waals surface area contributed by atoms with Crippen LogP contribution in [0.2, 0.25) is 0 Å². The molecule has 0 saturated carbocycles. The van der Waals surface area contributed by atoms with Crippen LogP contribution in [0.1, 0.15) is 67.2 Å². The highest BCUT2D eigenvalue weighted by molar-refractivity contribution is 9.10. The van der Waals surface area contributed by atoms with E-state index in [0.717, 1.165) is 12.8 Å². The van der Waals surface area contributed by atoms with Gasteiger partial charge in [0.25, 0.3) is 11.8 Å². The molecule has 2 rings (SSSR count). The predicted octanol–water partition coefficient (Wildman–Crippen LogP) is 5.39. The second kappa shape index (κ2) is 14.6. The molecule has 0 aromatic heterocycles. The van der Waals surface area contributed by atoms with Crippen molar-refractivity contribution in [2.24, 2.45) is 5.92 Å². The number of hydrogen-bond donors (Lipinski definition) is 3. The number of hydrazine groups is 1. The number of carbonyl (C=O) groups is 2. The zero-order chi connectivity index (χ0) is 24.9. The Morgan fingerprint density at radius 1 is 0.941 bits per heavy atom. The van der Waals surface area contributed by atoms with E-state index in [9.17, 15) is 9.59 Å². The molecule has 0 radical (unpaired) electrons. The summed E-state index contributed by atoms with van der Waals surface area (Å²) in [4.78, 5) is 24.8. The Bertz CT molecular complexity index is 967. The fraction of sp³-hybridized carbons (Fsp3) is 0.400. The van der Waals surface area contributed by atoms with Crippen LogP contribution >= 0.6 is 28.1 Å². The van der Waals surface area contributed by atoms with Gasteiger partial charge in [-0.2, -0.15) is 0 Å². The van der Waals surface area contributed by atoms with Gasteiger partial charge >= 0.3 is 0 Å². The van der Waals surface area contributed by atoms with Crippen molar-refractivity contribution in [2.45, 2.75) is 46.5 Å². The van der Waals surface area contributed by atoms with Gasteiger partial charge in [0, 0.05) is 11.1 Å². The molecule has 184 valence electrons. The molecule has 0 aliphatic rings. The first-order chi connectivity index (χ1) is 16.3. The molecule has 0 unspecified atom stereocenters. The van der Waals surface area contributed by atoms with Crippen molar-refractivity contribution in [1.82, 2.24) is 16.2 Å². The molecule has 0 saturated heterocycles. The molecule has 7 nitrogen and oxygen atoms in total. The minimum Gasteiger partial charge on any atom is -0.493 e. The van der Waals surface area contributed by atoms with E-state index in [1.807, 2.05) is 0 Å². The number of benzene rings is 2. The van der Waals surface area contributed by atoms with Crippen LogP contribution in [-0.2, 0) is 0 Å². The van der Waals surface area contributed by atoms with Crippen molar-refractivity contribution in [1.29, 1.82) is 0 Å². The highest BCUT2D eigenvalue weighted by Crippen LogP contribution is 2.26. The van der Waals surface area contributed by atoms with Gasteiger partial charge < -0.3 is 9.47 Å². The Balaban J connectivity index is 1.79. The van der Waals surface area contributed by atoms with Crippen LogP contribution in [0.3, 0.4) is 0 Å². The number of thiocarbonyl (C=S) groups is 1. The lowest BCUT2D eigenvalue weighted by atomic mass is 10.2. The zero-order valence-corrected chi connectivity index (χ0v) is 22.2. The maximum Gasteiger partial charge on any atom is 0.269 e. The molecule has 2 amide bonds. The van der Waals surface area contributed by atoms with Gasteiger partial charge in [-0.05, 0) is 83.0 Å². The number of rotatable bonds is 11. The first-order valence-electron chi connectivity index (χ1n) is 11.4. The summed E-state index contributed by atoms with van der Waals surface area (Å²) in [5, 5.41) is 2.51. The molecule has 0 bridgehead atoms. The molecule has 3 N–H and O–H groups in total. The fourth-order valence-electron chi connectivity index (χ4n) is 2.83. The van der Waals surface area contributed by atoms with E-state index in [0.29, 0.717) is 46.2 Å². The summed E-state index contributed by atoms with van der Waals surface area (Å²) in [5.41, 5.74) is 5.83. The number of carbonyl (C=O) groups excluding carboxylic acids is 2. The first kappa shape index (κ1) is 27.6. The van der Waals surface area contributed by atoms with Gasteiger partial charge in [-0.25, -0.2) is 0 Å². The molecule has 0 spiro atoms. The van der Waals surface area contributed by atoms with Gasteiger partial charge in [0.2, 0.25) is 0 Å². The fourth-order valence-corrected chi connectivity index (χ4v) is 3.46. The maximum atomic E-state index is 12.5.